The third-order valence-electron chi connectivity index (χ3n) is 4.46. The molecule has 0 bridgehead atoms. The summed E-state index contributed by atoms with van der Waals surface area (Å²) < 4.78 is 10.3. The van der Waals surface area contributed by atoms with Crippen molar-refractivity contribution >= 4 is 11.9 Å². The Morgan fingerprint density at radius 3 is 1.59 bits per heavy atom. The van der Waals surface area contributed by atoms with Gasteiger partial charge in [0.05, 0.1) is 26.1 Å². The smallest absolute Gasteiger partial charge is 0.306 e. The minimum atomic E-state index is -0.311. The van der Waals surface area contributed by atoms with Crippen molar-refractivity contribution in [3.05, 3.63) is 12.2 Å². The summed E-state index contributed by atoms with van der Waals surface area (Å²) in [5, 5.41) is 0. The maximum absolute atomic E-state index is 11.6. The van der Waals surface area contributed by atoms with E-state index in [1.807, 2.05) is 0 Å². The summed E-state index contributed by atoms with van der Waals surface area (Å²) in [6.45, 7) is 5.29. The summed E-state index contributed by atoms with van der Waals surface area (Å²) >= 11 is 0. The van der Waals surface area contributed by atoms with Crippen LogP contribution in [0.5, 0.6) is 0 Å². The molecule has 0 radical (unpaired) electrons. The molecule has 0 unspecified atom stereocenters. The van der Waals surface area contributed by atoms with E-state index in [9.17, 15) is 9.59 Å². The summed E-state index contributed by atoms with van der Waals surface area (Å²) in [5.41, 5.74) is 0. The molecule has 0 atom stereocenters. The number of ether oxygens (including phenoxy) is 2. The number of allylic oxidation sites excluding steroid dienone is 2. The van der Waals surface area contributed by atoms with Crippen molar-refractivity contribution < 1.29 is 19.1 Å². The molecule has 0 aromatic heterocycles. The number of carbonyl (C=O) groups is 2. The Kier molecular flexibility index (Phi) is 20.0. The fraction of sp³-hybridized carbons (Fsp3) is 0.826. The maximum Gasteiger partial charge on any atom is 0.306 e. The quantitative estimate of drug-likeness (QED) is 0.145. The Labute approximate surface area is 167 Å². The zero-order valence-corrected chi connectivity index (χ0v) is 17.8. The van der Waals surface area contributed by atoms with Gasteiger partial charge in [0.15, 0.2) is 0 Å². The molecule has 0 spiro atoms. The first-order chi connectivity index (χ1) is 13.2. The molecule has 0 fully saturated rings. The van der Waals surface area contributed by atoms with Gasteiger partial charge in [-0.2, -0.15) is 0 Å². The summed E-state index contributed by atoms with van der Waals surface area (Å²) in [5.74, 6) is -0.609. The molecule has 0 aliphatic rings. The first-order valence-electron chi connectivity index (χ1n) is 11.2. The average Bonchev–Trinajstić information content (AvgIpc) is 2.67. The van der Waals surface area contributed by atoms with Crippen LogP contribution >= 0.6 is 0 Å². The first kappa shape index (κ1) is 25.7. The topological polar surface area (TPSA) is 52.6 Å². The van der Waals surface area contributed by atoms with Crippen molar-refractivity contribution in [3.63, 3.8) is 0 Å². The normalized spacial score (nSPS) is 11.0. The fourth-order valence-electron chi connectivity index (χ4n) is 2.72. The monoisotopic (exact) mass is 382 g/mol. The second-order valence-electron chi connectivity index (χ2n) is 7.17. The number of rotatable bonds is 19. The van der Waals surface area contributed by atoms with E-state index in [0.717, 1.165) is 32.1 Å². The van der Waals surface area contributed by atoms with E-state index in [-0.39, 0.29) is 24.8 Å². The Hall–Kier alpha value is -1.32. The minimum Gasteiger partial charge on any atom is -0.466 e. The maximum atomic E-state index is 11.6. The molecule has 0 aliphatic heterocycles. The Morgan fingerprint density at radius 2 is 1.04 bits per heavy atom. The standard InChI is InChI=1S/C23H42O4/c1-3-5-7-9-11-13-15-17-21-27-23(25)19-18-22(24)26-20-16-14-12-10-8-6-4-2/h10,12H,3-9,11,13-21H2,1-2H3/b12-10+. The molecular formula is C23H42O4. The molecule has 158 valence electrons. The van der Waals surface area contributed by atoms with Gasteiger partial charge in [0.25, 0.3) is 0 Å². The van der Waals surface area contributed by atoms with Crippen LogP contribution < -0.4 is 0 Å². The molecule has 4 heteroatoms. The third kappa shape index (κ3) is 20.8. The number of hydrogen-bond acceptors (Lipinski definition) is 4. The van der Waals surface area contributed by atoms with Gasteiger partial charge < -0.3 is 9.47 Å². The number of carbonyl (C=O) groups excluding carboxylic acids is 2. The van der Waals surface area contributed by atoms with Crippen LogP contribution in [0.3, 0.4) is 0 Å². The second kappa shape index (κ2) is 21.0. The predicted molar refractivity (Wildman–Crippen MR) is 112 cm³/mol. The first-order valence-corrected chi connectivity index (χ1v) is 11.2. The van der Waals surface area contributed by atoms with Crippen LogP contribution in [0.1, 0.15) is 110 Å². The van der Waals surface area contributed by atoms with E-state index >= 15 is 0 Å². The van der Waals surface area contributed by atoms with Crippen molar-refractivity contribution in [2.45, 2.75) is 110 Å². The predicted octanol–water partition coefficient (Wildman–Crippen LogP) is 6.52. The van der Waals surface area contributed by atoms with Crippen molar-refractivity contribution in [1.82, 2.24) is 0 Å². The zero-order valence-electron chi connectivity index (χ0n) is 17.8. The van der Waals surface area contributed by atoms with Gasteiger partial charge in [-0.25, -0.2) is 0 Å². The molecule has 0 amide bonds. The van der Waals surface area contributed by atoms with Crippen LogP contribution in [0.15, 0.2) is 12.2 Å². The molecule has 0 aliphatic carbocycles. The van der Waals surface area contributed by atoms with Crippen molar-refractivity contribution in [1.29, 1.82) is 0 Å². The zero-order chi connectivity index (χ0) is 20.0. The number of unbranched alkanes of at least 4 members (excludes halogenated alkanes) is 10. The summed E-state index contributed by atoms with van der Waals surface area (Å²) in [6, 6.07) is 0. The Balaban J connectivity index is 3.38. The minimum absolute atomic E-state index is 0.114. The van der Waals surface area contributed by atoms with Gasteiger partial charge in [0.2, 0.25) is 0 Å². The lowest BCUT2D eigenvalue weighted by Gasteiger charge is -2.06. The van der Waals surface area contributed by atoms with Crippen LogP contribution in [-0.4, -0.2) is 25.2 Å². The van der Waals surface area contributed by atoms with Gasteiger partial charge >= 0.3 is 11.9 Å². The molecule has 4 nitrogen and oxygen atoms in total. The average molecular weight is 383 g/mol. The van der Waals surface area contributed by atoms with E-state index in [2.05, 4.69) is 26.0 Å². The molecule has 27 heavy (non-hydrogen) atoms. The molecule has 0 rings (SSSR count). The van der Waals surface area contributed by atoms with E-state index < -0.39 is 0 Å². The highest BCUT2D eigenvalue weighted by Crippen LogP contribution is 2.08. The van der Waals surface area contributed by atoms with Crippen molar-refractivity contribution in [2.24, 2.45) is 0 Å². The van der Waals surface area contributed by atoms with E-state index in [1.54, 1.807) is 0 Å². The van der Waals surface area contributed by atoms with Gasteiger partial charge in [-0.1, -0.05) is 83.8 Å². The van der Waals surface area contributed by atoms with Crippen LogP contribution in [0, 0.1) is 0 Å². The van der Waals surface area contributed by atoms with Crippen molar-refractivity contribution in [2.75, 3.05) is 13.2 Å². The van der Waals surface area contributed by atoms with Crippen LogP contribution in [-0.2, 0) is 19.1 Å². The summed E-state index contributed by atoms with van der Waals surface area (Å²) in [7, 11) is 0. The largest absolute Gasteiger partial charge is 0.466 e. The second-order valence-corrected chi connectivity index (χ2v) is 7.17. The highest BCUT2D eigenvalue weighted by atomic mass is 16.5. The van der Waals surface area contributed by atoms with Gasteiger partial charge in [-0.05, 0) is 25.7 Å². The highest BCUT2D eigenvalue weighted by Gasteiger charge is 2.08. The lowest BCUT2D eigenvalue weighted by molar-refractivity contribution is -0.150. The molecule has 0 heterocycles. The lowest BCUT2D eigenvalue weighted by atomic mass is 10.1. The van der Waals surface area contributed by atoms with Crippen LogP contribution in [0.25, 0.3) is 0 Å². The molecule has 0 N–H and O–H groups in total. The molecule has 0 aromatic carbocycles. The SMILES string of the molecule is CCCC/C=C/CCCOC(=O)CCC(=O)OCCCCCCCCCC. The Morgan fingerprint density at radius 1 is 0.593 bits per heavy atom. The van der Waals surface area contributed by atoms with Gasteiger partial charge in [-0.3, -0.25) is 9.59 Å². The number of esters is 2. The van der Waals surface area contributed by atoms with E-state index in [4.69, 9.17) is 9.47 Å². The summed E-state index contributed by atoms with van der Waals surface area (Å²) in [4.78, 5) is 23.2. The van der Waals surface area contributed by atoms with Crippen LogP contribution in [0.2, 0.25) is 0 Å². The fourth-order valence-corrected chi connectivity index (χ4v) is 2.72. The molecule has 0 saturated heterocycles. The van der Waals surface area contributed by atoms with E-state index in [0.29, 0.717) is 13.2 Å². The molecule has 0 aromatic rings. The molecule has 0 saturated carbocycles. The van der Waals surface area contributed by atoms with E-state index in [1.165, 1.54) is 51.4 Å². The third-order valence-corrected chi connectivity index (χ3v) is 4.46. The van der Waals surface area contributed by atoms with Crippen molar-refractivity contribution in [3.8, 4) is 0 Å². The molecular weight excluding hydrogens is 340 g/mol. The van der Waals surface area contributed by atoms with Gasteiger partial charge in [0, 0.05) is 0 Å². The van der Waals surface area contributed by atoms with Crippen LogP contribution in [0.4, 0.5) is 0 Å². The lowest BCUT2D eigenvalue weighted by Crippen LogP contribution is -2.11. The van der Waals surface area contributed by atoms with Gasteiger partial charge in [-0.15, -0.1) is 0 Å². The van der Waals surface area contributed by atoms with Gasteiger partial charge in [0.1, 0.15) is 0 Å². The summed E-state index contributed by atoms with van der Waals surface area (Å²) in [6.07, 6.45) is 19.6. The number of hydrogen-bond donors (Lipinski definition) is 0. The highest BCUT2D eigenvalue weighted by molar-refractivity contribution is 5.77. The Bertz CT molecular complexity index is 377.